The number of carbonyl (C=O) groups is 1. The van der Waals surface area contributed by atoms with Crippen molar-refractivity contribution in [3.63, 3.8) is 0 Å². The maximum atomic E-state index is 10.8. The summed E-state index contributed by atoms with van der Waals surface area (Å²) in [7, 11) is 0. The predicted octanol–water partition coefficient (Wildman–Crippen LogP) is 4.53. The first-order chi connectivity index (χ1) is 15.0. The van der Waals surface area contributed by atoms with E-state index in [1.54, 1.807) is 6.07 Å². The molecule has 1 saturated heterocycles. The molecule has 1 unspecified atom stereocenters. The molecule has 4 rings (SSSR count). The topological polar surface area (TPSA) is 80.5 Å². The summed E-state index contributed by atoms with van der Waals surface area (Å²) in [4.78, 5) is 17.5. The van der Waals surface area contributed by atoms with Gasteiger partial charge in [0, 0.05) is 30.4 Å². The summed E-state index contributed by atoms with van der Waals surface area (Å²) in [6.45, 7) is 6.10. The van der Waals surface area contributed by atoms with Crippen LogP contribution in [0, 0.1) is 0 Å². The van der Waals surface area contributed by atoms with Gasteiger partial charge in [-0.15, -0.1) is 0 Å². The van der Waals surface area contributed by atoms with Crippen LogP contribution in [0.25, 0.3) is 22.8 Å². The van der Waals surface area contributed by atoms with E-state index in [4.69, 9.17) is 20.9 Å². The number of anilines is 1. The number of nitrogens with one attached hydrogen (secondary N) is 1. The van der Waals surface area contributed by atoms with E-state index in [0.717, 1.165) is 42.6 Å². The van der Waals surface area contributed by atoms with Crippen molar-refractivity contribution in [2.45, 2.75) is 32.4 Å². The molecule has 8 heteroatoms. The van der Waals surface area contributed by atoms with Gasteiger partial charge in [0.25, 0.3) is 5.89 Å². The van der Waals surface area contributed by atoms with Crippen LogP contribution in [0.15, 0.2) is 47.0 Å². The summed E-state index contributed by atoms with van der Waals surface area (Å²) in [5.74, 6) is 1.51. The minimum absolute atomic E-state index is 0.0366. The molecule has 0 saturated carbocycles. The molecule has 1 fully saturated rings. The zero-order valence-electron chi connectivity index (χ0n) is 17.5. The molecule has 0 radical (unpaired) electrons. The molecule has 2 aromatic carbocycles. The van der Waals surface area contributed by atoms with Crippen LogP contribution in [0.4, 0.5) is 5.69 Å². The summed E-state index contributed by atoms with van der Waals surface area (Å²) in [5, 5.41) is 8.20. The van der Waals surface area contributed by atoms with E-state index in [1.165, 1.54) is 0 Å². The Bertz CT molecular complexity index is 1050. The van der Waals surface area contributed by atoms with Crippen LogP contribution in [0.1, 0.15) is 20.3 Å². The zero-order chi connectivity index (χ0) is 21.8. The molecule has 0 bridgehead atoms. The second-order valence-corrected chi connectivity index (χ2v) is 8.24. The number of hydrogen-bond donors (Lipinski definition) is 1. The predicted molar refractivity (Wildman–Crippen MR) is 120 cm³/mol. The van der Waals surface area contributed by atoms with Crippen LogP contribution in [0.2, 0.25) is 5.02 Å². The van der Waals surface area contributed by atoms with Crippen molar-refractivity contribution in [2.75, 3.05) is 25.0 Å². The van der Waals surface area contributed by atoms with Gasteiger partial charge in [-0.3, -0.25) is 4.90 Å². The number of benzene rings is 2. The fourth-order valence-electron chi connectivity index (χ4n) is 3.68. The van der Waals surface area contributed by atoms with E-state index < -0.39 is 0 Å². The third-order valence-electron chi connectivity index (χ3n) is 5.10. The average Bonchev–Trinajstić information content (AvgIpc) is 3.40. The molecule has 1 aliphatic rings. The number of aldehydes is 1. The van der Waals surface area contributed by atoms with Gasteiger partial charge in [0.2, 0.25) is 5.82 Å². The first-order valence-electron chi connectivity index (χ1n) is 10.4. The van der Waals surface area contributed by atoms with Gasteiger partial charge in [-0.25, -0.2) is 0 Å². The molecule has 1 aliphatic heterocycles. The van der Waals surface area contributed by atoms with Gasteiger partial charge in [0.1, 0.15) is 12.0 Å². The highest BCUT2D eigenvalue weighted by Gasteiger charge is 2.23. The highest BCUT2D eigenvalue weighted by molar-refractivity contribution is 6.32. The van der Waals surface area contributed by atoms with Crippen LogP contribution in [-0.2, 0) is 4.79 Å². The van der Waals surface area contributed by atoms with Crippen molar-refractivity contribution in [2.24, 2.45) is 0 Å². The molecule has 2 heterocycles. The number of nitrogens with zero attached hydrogens (tertiary/aromatic N) is 3. The number of likely N-dealkylation sites (tertiary alicyclic amines) is 1. The number of halogens is 1. The average molecular weight is 441 g/mol. The summed E-state index contributed by atoms with van der Waals surface area (Å²) >= 11 is 6.35. The van der Waals surface area contributed by atoms with E-state index in [0.29, 0.717) is 29.0 Å². The molecular weight excluding hydrogens is 416 g/mol. The smallest absolute Gasteiger partial charge is 0.260 e. The molecule has 1 atom stereocenters. The molecule has 1 aromatic heterocycles. The normalized spacial score (nSPS) is 16.6. The SMILES string of the molecule is CC(C)Oc1ccc(-c2noc(-c3ccccc3NC3CCN(CC=O)C3)n2)cc1Cl. The summed E-state index contributed by atoms with van der Waals surface area (Å²) < 4.78 is 11.3. The number of ether oxygens (including phenoxy) is 1. The maximum Gasteiger partial charge on any atom is 0.260 e. The van der Waals surface area contributed by atoms with Gasteiger partial charge >= 0.3 is 0 Å². The van der Waals surface area contributed by atoms with E-state index in [1.807, 2.05) is 50.2 Å². The van der Waals surface area contributed by atoms with Crippen LogP contribution < -0.4 is 10.1 Å². The Morgan fingerprint density at radius 1 is 1.32 bits per heavy atom. The number of rotatable bonds is 8. The van der Waals surface area contributed by atoms with Crippen LogP contribution >= 0.6 is 11.6 Å². The van der Waals surface area contributed by atoms with Gasteiger partial charge < -0.3 is 19.4 Å². The van der Waals surface area contributed by atoms with Gasteiger partial charge in [0.15, 0.2) is 0 Å². The third kappa shape index (κ3) is 5.06. The highest BCUT2D eigenvalue weighted by atomic mass is 35.5. The lowest BCUT2D eigenvalue weighted by atomic mass is 10.1. The Hall–Kier alpha value is -2.90. The number of hydrogen-bond acceptors (Lipinski definition) is 7. The molecule has 0 spiro atoms. The van der Waals surface area contributed by atoms with E-state index >= 15 is 0 Å². The summed E-state index contributed by atoms with van der Waals surface area (Å²) in [5.41, 5.74) is 2.51. The van der Waals surface area contributed by atoms with Crippen molar-refractivity contribution < 1.29 is 14.1 Å². The van der Waals surface area contributed by atoms with Crippen molar-refractivity contribution in [1.82, 2.24) is 15.0 Å². The molecule has 31 heavy (non-hydrogen) atoms. The molecule has 7 nitrogen and oxygen atoms in total. The number of para-hydroxylation sites is 1. The second-order valence-electron chi connectivity index (χ2n) is 7.84. The lowest BCUT2D eigenvalue weighted by Crippen LogP contribution is -2.27. The monoisotopic (exact) mass is 440 g/mol. The van der Waals surface area contributed by atoms with Crippen molar-refractivity contribution in [3.8, 4) is 28.6 Å². The maximum absolute atomic E-state index is 10.8. The lowest BCUT2D eigenvalue weighted by molar-refractivity contribution is -0.108. The molecule has 1 N–H and O–H groups in total. The minimum Gasteiger partial charge on any atom is -0.489 e. The fraction of sp³-hybridized carbons (Fsp3) is 0.348. The number of carbonyl (C=O) groups excluding carboxylic acids is 1. The van der Waals surface area contributed by atoms with Gasteiger partial charge in [0.05, 0.1) is 23.2 Å². The standard InChI is InChI=1S/C23H25ClN4O3/c1-15(2)30-21-8-7-16(13-19(21)24)22-26-23(31-27-22)18-5-3-4-6-20(18)25-17-9-10-28(14-17)11-12-29/h3-8,12-13,15,17,25H,9-11,14H2,1-2H3. The first kappa shape index (κ1) is 21.3. The molecule has 3 aromatic rings. The Morgan fingerprint density at radius 3 is 2.94 bits per heavy atom. The fourth-order valence-corrected chi connectivity index (χ4v) is 3.90. The van der Waals surface area contributed by atoms with Crippen LogP contribution in [-0.4, -0.2) is 53.1 Å². The van der Waals surface area contributed by atoms with Gasteiger partial charge in [-0.2, -0.15) is 4.98 Å². The Morgan fingerprint density at radius 2 is 2.16 bits per heavy atom. The van der Waals surface area contributed by atoms with E-state index in [2.05, 4.69) is 20.4 Å². The minimum atomic E-state index is 0.0366. The largest absolute Gasteiger partial charge is 0.489 e. The summed E-state index contributed by atoms with van der Waals surface area (Å²) in [6.07, 6.45) is 1.96. The molecule has 0 amide bonds. The molecule has 162 valence electrons. The Kier molecular flexibility index (Phi) is 6.53. The van der Waals surface area contributed by atoms with Gasteiger partial charge in [-0.05, 0) is 50.6 Å². The zero-order valence-corrected chi connectivity index (χ0v) is 18.3. The Balaban J connectivity index is 1.53. The molecular formula is C23H25ClN4O3. The van der Waals surface area contributed by atoms with E-state index in [9.17, 15) is 4.79 Å². The lowest BCUT2D eigenvalue weighted by Gasteiger charge is -2.16. The third-order valence-corrected chi connectivity index (χ3v) is 5.40. The van der Waals surface area contributed by atoms with Gasteiger partial charge in [-0.1, -0.05) is 28.9 Å². The summed E-state index contributed by atoms with van der Waals surface area (Å²) in [6, 6.07) is 13.6. The molecule has 0 aliphatic carbocycles. The highest BCUT2D eigenvalue weighted by Crippen LogP contribution is 2.33. The first-order valence-corrected chi connectivity index (χ1v) is 10.7. The van der Waals surface area contributed by atoms with Crippen molar-refractivity contribution in [1.29, 1.82) is 0 Å². The van der Waals surface area contributed by atoms with Crippen LogP contribution in [0.5, 0.6) is 5.75 Å². The number of aromatic nitrogens is 2. The Labute approximate surface area is 186 Å². The van der Waals surface area contributed by atoms with Crippen molar-refractivity contribution in [3.05, 3.63) is 47.5 Å². The van der Waals surface area contributed by atoms with Crippen LogP contribution in [0.3, 0.4) is 0 Å². The van der Waals surface area contributed by atoms with E-state index in [-0.39, 0.29) is 12.1 Å². The second kappa shape index (κ2) is 9.49. The quantitative estimate of drug-likeness (QED) is 0.515. The van der Waals surface area contributed by atoms with Crippen molar-refractivity contribution >= 4 is 23.6 Å².